The van der Waals surface area contributed by atoms with Crippen LogP contribution < -0.4 is 14.2 Å². The molecule has 158 valence electrons. The molecule has 2 rings (SSSR count). The standard InChI is InChI=1S/C22H24N2O6/c1-16(17-5-7-19(8-6-17)29-14-13-23-2)24(15-21(25)28-4)22(26)30-20-11-9-18(27-3)10-12-20/h5-12,16H,13-15H2,1,3-4H3/t16-/m0/s1. The second-order valence-electron chi connectivity index (χ2n) is 6.22. The van der Waals surface area contributed by atoms with Crippen LogP contribution in [0.2, 0.25) is 0 Å². The highest BCUT2D eigenvalue weighted by atomic mass is 16.6. The highest BCUT2D eigenvalue weighted by molar-refractivity contribution is 5.79. The number of methoxy groups -OCH3 is 2. The molecule has 0 aromatic heterocycles. The summed E-state index contributed by atoms with van der Waals surface area (Å²) in [6.45, 7) is 8.87. The molecule has 0 heterocycles. The molecule has 0 fully saturated rings. The third kappa shape index (κ3) is 6.41. The first kappa shape index (κ1) is 22.6. The van der Waals surface area contributed by atoms with Gasteiger partial charge in [0.1, 0.15) is 23.8 Å². The summed E-state index contributed by atoms with van der Waals surface area (Å²) in [5.41, 5.74) is 0.781. The van der Waals surface area contributed by atoms with Crippen LogP contribution in [-0.4, -0.2) is 50.9 Å². The van der Waals surface area contributed by atoms with Gasteiger partial charge >= 0.3 is 12.1 Å². The second kappa shape index (κ2) is 11.3. The highest BCUT2D eigenvalue weighted by Crippen LogP contribution is 2.25. The summed E-state index contributed by atoms with van der Waals surface area (Å²) in [6.07, 6.45) is -0.685. The number of benzene rings is 2. The Bertz CT molecular complexity index is 874. The van der Waals surface area contributed by atoms with Gasteiger partial charge in [0.2, 0.25) is 6.54 Å². The zero-order valence-electron chi connectivity index (χ0n) is 17.2. The molecule has 0 aliphatic carbocycles. The zero-order valence-corrected chi connectivity index (χ0v) is 17.2. The maximum absolute atomic E-state index is 12.8. The smallest absolute Gasteiger partial charge is 0.416 e. The number of nitrogens with zero attached hydrogens (tertiary/aromatic N) is 2. The van der Waals surface area contributed by atoms with Crippen LogP contribution in [0.3, 0.4) is 0 Å². The van der Waals surface area contributed by atoms with Crippen molar-refractivity contribution in [2.45, 2.75) is 13.0 Å². The van der Waals surface area contributed by atoms with Gasteiger partial charge < -0.3 is 23.8 Å². The average molecular weight is 412 g/mol. The Labute approximate surface area is 175 Å². The molecule has 1 amide bonds. The first-order valence-electron chi connectivity index (χ1n) is 9.23. The van der Waals surface area contributed by atoms with E-state index < -0.39 is 18.1 Å². The molecular formula is C22H24N2O6. The molecule has 1 atom stereocenters. The van der Waals surface area contributed by atoms with Gasteiger partial charge in [0, 0.05) is 0 Å². The third-order valence-electron chi connectivity index (χ3n) is 4.33. The van der Waals surface area contributed by atoms with Crippen molar-refractivity contribution in [1.29, 1.82) is 0 Å². The fourth-order valence-corrected chi connectivity index (χ4v) is 2.60. The number of hydrogen-bond acceptors (Lipinski definition) is 6. The quantitative estimate of drug-likeness (QED) is 0.355. The van der Waals surface area contributed by atoms with Crippen LogP contribution in [0.4, 0.5) is 4.79 Å². The number of amides is 1. The van der Waals surface area contributed by atoms with Crippen LogP contribution in [0.25, 0.3) is 4.85 Å². The minimum Gasteiger partial charge on any atom is -0.497 e. The normalized spacial score (nSPS) is 11.0. The first-order chi connectivity index (χ1) is 14.5. The number of rotatable bonds is 9. The molecule has 8 nitrogen and oxygen atoms in total. The Morgan fingerprint density at radius 2 is 1.60 bits per heavy atom. The maximum Gasteiger partial charge on any atom is 0.416 e. The van der Waals surface area contributed by atoms with Crippen molar-refractivity contribution in [3.63, 3.8) is 0 Å². The van der Waals surface area contributed by atoms with E-state index >= 15 is 0 Å². The number of carbonyl (C=O) groups excluding carboxylic acids is 2. The Kier molecular flexibility index (Phi) is 8.51. The van der Waals surface area contributed by atoms with Crippen LogP contribution in [0.1, 0.15) is 18.5 Å². The van der Waals surface area contributed by atoms with Crippen molar-refractivity contribution in [2.75, 3.05) is 33.9 Å². The van der Waals surface area contributed by atoms with E-state index in [-0.39, 0.29) is 13.1 Å². The van der Waals surface area contributed by atoms with Crippen molar-refractivity contribution >= 4 is 12.1 Å². The monoisotopic (exact) mass is 412 g/mol. The van der Waals surface area contributed by atoms with Gasteiger partial charge in [-0.1, -0.05) is 12.1 Å². The topological polar surface area (TPSA) is 78.7 Å². The van der Waals surface area contributed by atoms with Crippen molar-refractivity contribution < 1.29 is 28.5 Å². The van der Waals surface area contributed by atoms with E-state index in [9.17, 15) is 9.59 Å². The van der Waals surface area contributed by atoms with Gasteiger partial charge in [-0.2, -0.15) is 0 Å². The lowest BCUT2D eigenvalue weighted by Gasteiger charge is -2.27. The average Bonchev–Trinajstić information content (AvgIpc) is 2.78. The molecular weight excluding hydrogens is 388 g/mol. The van der Waals surface area contributed by atoms with E-state index in [0.29, 0.717) is 23.9 Å². The predicted molar refractivity (Wildman–Crippen MR) is 110 cm³/mol. The Morgan fingerprint density at radius 3 is 2.17 bits per heavy atom. The molecule has 2 aromatic rings. The molecule has 0 bridgehead atoms. The van der Waals surface area contributed by atoms with Gasteiger partial charge in [0.25, 0.3) is 0 Å². The number of ether oxygens (including phenoxy) is 4. The molecule has 8 heteroatoms. The molecule has 0 spiro atoms. The minimum atomic E-state index is -0.685. The summed E-state index contributed by atoms with van der Waals surface area (Å²) >= 11 is 0. The molecule has 2 aromatic carbocycles. The number of esters is 1. The summed E-state index contributed by atoms with van der Waals surface area (Å²) in [7, 11) is 2.80. The lowest BCUT2D eigenvalue weighted by molar-refractivity contribution is -0.141. The van der Waals surface area contributed by atoms with E-state index in [1.54, 1.807) is 62.6 Å². The molecule has 0 N–H and O–H groups in total. The van der Waals surface area contributed by atoms with Crippen molar-refractivity contribution in [3.05, 3.63) is 65.5 Å². The maximum atomic E-state index is 12.8. The molecule has 0 aliphatic rings. The summed E-state index contributed by atoms with van der Waals surface area (Å²) in [5, 5.41) is 0. The number of carbonyl (C=O) groups is 2. The van der Waals surface area contributed by atoms with E-state index in [1.807, 2.05) is 0 Å². The van der Waals surface area contributed by atoms with Gasteiger partial charge in [0.05, 0.1) is 20.3 Å². The van der Waals surface area contributed by atoms with Gasteiger partial charge in [-0.15, -0.1) is 0 Å². The van der Waals surface area contributed by atoms with Crippen LogP contribution in [0.5, 0.6) is 17.2 Å². The molecule has 0 unspecified atom stereocenters. The van der Waals surface area contributed by atoms with E-state index in [4.69, 9.17) is 25.5 Å². The third-order valence-corrected chi connectivity index (χ3v) is 4.33. The molecule has 0 aliphatic heterocycles. The van der Waals surface area contributed by atoms with Gasteiger partial charge in [-0.3, -0.25) is 9.69 Å². The van der Waals surface area contributed by atoms with Gasteiger partial charge in [-0.05, 0) is 48.9 Å². The highest BCUT2D eigenvalue weighted by Gasteiger charge is 2.26. The largest absolute Gasteiger partial charge is 0.497 e. The first-order valence-corrected chi connectivity index (χ1v) is 9.23. The van der Waals surface area contributed by atoms with Crippen molar-refractivity contribution in [3.8, 4) is 17.2 Å². The Hall–Kier alpha value is -3.73. The molecule has 30 heavy (non-hydrogen) atoms. The molecule has 0 radical (unpaired) electrons. The van der Waals surface area contributed by atoms with Gasteiger partial charge in [-0.25, -0.2) is 11.4 Å². The lowest BCUT2D eigenvalue weighted by atomic mass is 10.1. The van der Waals surface area contributed by atoms with Crippen molar-refractivity contribution in [2.24, 2.45) is 0 Å². The SMILES string of the molecule is [C-]#[N+]CCOc1ccc([C@H](C)N(CC(=O)OC)C(=O)Oc2ccc(OC)cc2)cc1. The van der Waals surface area contributed by atoms with Gasteiger partial charge in [0.15, 0.2) is 6.61 Å². The predicted octanol–water partition coefficient (Wildman–Crippen LogP) is 3.73. The van der Waals surface area contributed by atoms with Crippen molar-refractivity contribution in [1.82, 2.24) is 4.90 Å². The van der Waals surface area contributed by atoms with Crippen LogP contribution in [0, 0.1) is 6.57 Å². The minimum absolute atomic E-state index is 0.268. The van der Waals surface area contributed by atoms with E-state index in [0.717, 1.165) is 5.56 Å². The second-order valence-corrected chi connectivity index (χ2v) is 6.22. The summed E-state index contributed by atoms with van der Waals surface area (Å²) < 4.78 is 20.7. The Balaban J connectivity index is 2.14. The lowest BCUT2D eigenvalue weighted by Crippen LogP contribution is -2.40. The number of hydrogen-bond donors (Lipinski definition) is 0. The molecule has 0 saturated carbocycles. The Morgan fingerprint density at radius 1 is 1.00 bits per heavy atom. The molecule has 0 saturated heterocycles. The fourth-order valence-electron chi connectivity index (χ4n) is 2.60. The van der Waals surface area contributed by atoms with Crippen LogP contribution in [0.15, 0.2) is 48.5 Å². The fraction of sp³-hybridized carbons (Fsp3) is 0.318. The van der Waals surface area contributed by atoms with E-state index in [1.165, 1.54) is 12.0 Å². The summed E-state index contributed by atoms with van der Waals surface area (Å²) in [4.78, 5) is 29.2. The summed E-state index contributed by atoms with van der Waals surface area (Å²) in [6, 6.07) is 13.2. The zero-order chi connectivity index (χ0) is 21.9. The van der Waals surface area contributed by atoms with Crippen LogP contribution >= 0.6 is 0 Å². The van der Waals surface area contributed by atoms with E-state index in [2.05, 4.69) is 4.85 Å². The summed E-state index contributed by atoms with van der Waals surface area (Å²) in [5.74, 6) is 1.02. The van der Waals surface area contributed by atoms with Crippen LogP contribution in [-0.2, 0) is 9.53 Å².